The maximum absolute atomic E-state index is 4.68. The highest BCUT2D eigenvalue weighted by atomic mass is 32.2. The lowest BCUT2D eigenvalue weighted by atomic mass is 10.2. The molecule has 210 valence electrons. The van der Waals surface area contributed by atoms with Crippen LogP contribution in [0, 0.1) is 13.8 Å². The Bertz CT molecular complexity index is 1630. The fourth-order valence-electron chi connectivity index (χ4n) is 4.83. The van der Waals surface area contributed by atoms with Crippen LogP contribution in [0.4, 0.5) is 0 Å². The molecular formula is C34H32N6S2. The molecule has 42 heavy (non-hydrogen) atoms. The van der Waals surface area contributed by atoms with Gasteiger partial charge in [0.05, 0.1) is 0 Å². The highest BCUT2D eigenvalue weighted by Gasteiger charge is 2.19. The zero-order valence-electron chi connectivity index (χ0n) is 23.7. The minimum atomic E-state index is 0.681. The van der Waals surface area contributed by atoms with Crippen molar-refractivity contribution in [1.29, 1.82) is 0 Å². The van der Waals surface area contributed by atoms with E-state index in [9.17, 15) is 0 Å². The normalized spacial score (nSPS) is 11.2. The lowest BCUT2D eigenvalue weighted by Crippen LogP contribution is -2.08. The molecule has 2 aromatic heterocycles. The van der Waals surface area contributed by atoms with Crippen molar-refractivity contribution < 1.29 is 0 Å². The van der Waals surface area contributed by atoms with Crippen molar-refractivity contribution in [2.45, 2.75) is 48.5 Å². The summed E-state index contributed by atoms with van der Waals surface area (Å²) < 4.78 is 4.39. The van der Waals surface area contributed by atoms with Gasteiger partial charge in [-0.1, -0.05) is 108 Å². The average Bonchev–Trinajstić information content (AvgIpc) is 3.62. The molecule has 6 rings (SSSR count). The van der Waals surface area contributed by atoms with Crippen molar-refractivity contribution in [3.8, 4) is 11.4 Å². The Kier molecular flexibility index (Phi) is 8.82. The molecule has 0 aliphatic carbocycles. The second-order valence-electron chi connectivity index (χ2n) is 10.2. The van der Waals surface area contributed by atoms with E-state index in [0.29, 0.717) is 12.8 Å². The van der Waals surface area contributed by atoms with Gasteiger partial charge < -0.3 is 0 Å². The lowest BCUT2D eigenvalue weighted by Gasteiger charge is -2.13. The van der Waals surface area contributed by atoms with Crippen LogP contribution in [0.5, 0.6) is 0 Å². The summed E-state index contributed by atoms with van der Waals surface area (Å²) in [5.74, 6) is 3.48. The smallest absolute Gasteiger partial charge is 0.196 e. The molecule has 0 unspecified atom stereocenters. The number of aromatic nitrogens is 6. The third-order valence-corrected chi connectivity index (χ3v) is 8.91. The molecule has 0 radical (unpaired) electrons. The van der Waals surface area contributed by atoms with Gasteiger partial charge in [-0.15, -0.1) is 20.4 Å². The van der Waals surface area contributed by atoms with E-state index in [2.05, 4.69) is 140 Å². The van der Waals surface area contributed by atoms with Gasteiger partial charge in [-0.3, -0.25) is 9.13 Å². The molecule has 4 aromatic carbocycles. The van der Waals surface area contributed by atoms with Crippen molar-refractivity contribution in [2.75, 3.05) is 0 Å². The van der Waals surface area contributed by atoms with Crippen LogP contribution in [-0.2, 0) is 24.3 Å². The standard InChI is InChI=1S/C34H32N6S2/c1-25-11-9-17-29(21-25)39-31(35-37-33(39)41-23-27-13-5-3-6-14-27)19-20-32-36-38-34(42-24-28-15-7-4-8-16-28)40(32)30-18-10-12-26(2)22-30/h3-18,21-22H,19-20,23-24H2,1-2H3. The first kappa shape index (κ1) is 28.0. The van der Waals surface area contributed by atoms with Crippen molar-refractivity contribution in [1.82, 2.24) is 29.5 Å². The highest BCUT2D eigenvalue weighted by Crippen LogP contribution is 2.28. The first-order valence-electron chi connectivity index (χ1n) is 14.0. The number of hydrogen-bond acceptors (Lipinski definition) is 6. The maximum Gasteiger partial charge on any atom is 0.196 e. The molecular weight excluding hydrogens is 557 g/mol. The summed E-state index contributed by atoms with van der Waals surface area (Å²) >= 11 is 3.41. The maximum atomic E-state index is 4.68. The van der Waals surface area contributed by atoms with E-state index < -0.39 is 0 Å². The Hall–Kier alpha value is -4.14. The summed E-state index contributed by atoms with van der Waals surface area (Å²) in [6.07, 6.45) is 1.36. The molecule has 0 saturated heterocycles. The molecule has 0 fully saturated rings. The Morgan fingerprint density at radius 1 is 0.500 bits per heavy atom. The molecule has 0 atom stereocenters. The molecule has 0 aliphatic heterocycles. The van der Waals surface area contributed by atoms with E-state index >= 15 is 0 Å². The predicted molar refractivity (Wildman–Crippen MR) is 172 cm³/mol. The molecule has 0 amide bonds. The summed E-state index contributed by atoms with van der Waals surface area (Å²) in [5, 5.41) is 20.4. The fraction of sp³-hybridized carbons (Fsp3) is 0.176. The number of aryl methyl sites for hydroxylation is 4. The first-order valence-corrected chi connectivity index (χ1v) is 16.0. The van der Waals surface area contributed by atoms with E-state index in [1.807, 2.05) is 12.1 Å². The Balaban J connectivity index is 1.29. The second-order valence-corrected chi connectivity index (χ2v) is 12.1. The number of nitrogens with zero attached hydrogens (tertiary/aromatic N) is 6. The molecule has 0 aliphatic rings. The first-order chi connectivity index (χ1) is 20.6. The van der Waals surface area contributed by atoms with Gasteiger partial charge in [0, 0.05) is 35.7 Å². The van der Waals surface area contributed by atoms with Gasteiger partial charge in [0.2, 0.25) is 0 Å². The third-order valence-electron chi connectivity index (χ3n) is 6.91. The number of hydrogen-bond donors (Lipinski definition) is 0. The van der Waals surface area contributed by atoms with Gasteiger partial charge in [0.15, 0.2) is 10.3 Å². The summed E-state index contributed by atoms with van der Waals surface area (Å²) in [7, 11) is 0. The quantitative estimate of drug-likeness (QED) is 0.144. The van der Waals surface area contributed by atoms with Crippen molar-refractivity contribution in [3.05, 3.63) is 143 Å². The summed E-state index contributed by atoms with van der Waals surface area (Å²) in [6, 6.07) is 38.0. The third kappa shape index (κ3) is 6.66. The fourth-order valence-corrected chi connectivity index (χ4v) is 6.69. The Labute approximate surface area is 255 Å². The zero-order chi connectivity index (χ0) is 28.7. The van der Waals surface area contributed by atoms with Crippen LogP contribution >= 0.6 is 23.5 Å². The lowest BCUT2D eigenvalue weighted by molar-refractivity contribution is 0.745. The second kappa shape index (κ2) is 13.2. The average molecular weight is 589 g/mol. The molecule has 8 heteroatoms. The molecule has 0 spiro atoms. The zero-order valence-corrected chi connectivity index (χ0v) is 25.4. The van der Waals surface area contributed by atoms with E-state index in [-0.39, 0.29) is 0 Å². The SMILES string of the molecule is Cc1cccc(-n2c(CCc3nnc(SCc4ccccc4)n3-c3cccc(C)c3)nnc2SCc2ccccc2)c1. The van der Waals surface area contributed by atoms with E-state index in [0.717, 1.165) is 44.8 Å². The molecule has 6 nitrogen and oxygen atoms in total. The van der Waals surface area contributed by atoms with Crippen LogP contribution in [0.3, 0.4) is 0 Å². The van der Waals surface area contributed by atoms with Gasteiger partial charge >= 0.3 is 0 Å². The van der Waals surface area contributed by atoms with Crippen LogP contribution in [-0.4, -0.2) is 29.5 Å². The van der Waals surface area contributed by atoms with Crippen LogP contribution in [0.1, 0.15) is 33.9 Å². The van der Waals surface area contributed by atoms with Crippen LogP contribution in [0.25, 0.3) is 11.4 Å². The van der Waals surface area contributed by atoms with E-state index in [1.54, 1.807) is 23.5 Å². The summed E-state index contributed by atoms with van der Waals surface area (Å²) in [5.41, 5.74) is 7.06. The van der Waals surface area contributed by atoms with Gasteiger partial charge in [-0.05, 0) is 60.4 Å². The number of thioether (sulfide) groups is 2. The van der Waals surface area contributed by atoms with E-state index in [1.165, 1.54) is 22.3 Å². The van der Waals surface area contributed by atoms with Gasteiger partial charge in [0.1, 0.15) is 11.6 Å². The minimum absolute atomic E-state index is 0.681. The van der Waals surface area contributed by atoms with E-state index in [4.69, 9.17) is 0 Å². The predicted octanol–water partition coefficient (Wildman–Crippen LogP) is 7.83. The monoisotopic (exact) mass is 588 g/mol. The Morgan fingerprint density at radius 3 is 1.33 bits per heavy atom. The molecule has 0 N–H and O–H groups in total. The number of rotatable bonds is 11. The van der Waals surface area contributed by atoms with Crippen molar-refractivity contribution in [3.63, 3.8) is 0 Å². The van der Waals surface area contributed by atoms with Crippen LogP contribution < -0.4 is 0 Å². The Morgan fingerprint density at radius 2 is 0.929 bits per heavy atom. The van der Waals surface area contributed by atoms with Crippen molar-refractivity contribution >= 4 is 23.5 Å². The highest BCUT2D eigenvalue weighted by molar-refractivity contribution is 7.98. The van der Waals surface area contributed by atoms with Gasteiger partial charge in [-0.2, -0.15) is 0 Å². The van der Waals surface area contributed by atoms with Gasteiger partial charge in [0.25, 0.3) is 0 Å². The molecule has 0 bridgehead atoms. The molecule has 6 aromatic rings. The van der Waals surface area contributed by atoms with Crippen LogP contribution in [0.2, 0.25) is 0 Å². The molecule has 2 heterocycles. The number of benzene rings is 4. The van der Waals surface area contributed by atoms with Crippen LogP contribution in [0.15, 0.2) is 120 Å². The summed E-state index contributed by atoms with van der Waals surface area (Å²) in [6.45, 7) is 4.23. The van der Waals surface area contributed by atoms with Gasteiger partial charge in [-0.25, -0.2) is 0 Å². The summed E-state index contributed by atoms with van der Waals surface area (Å²) in [4.78, 5) is 0. The largest absolute Gasteiger partial charge is 0.274 e. The topological polar surface area (TPSA) is 61.4 Å². The molecule has 0 saturated carbocycles. The van der Waals surface area contributed by atoms with Crippen molar-refractivity contribution in [2.24, 2.45) is 0 Å². The minimum Gasteiger partial charge on any atom is -0.274 e.